The van der Waals surface area contributed by atoms with Gasteiger partial charge in [-0.25, -0.2) is 13.1 Å². The molecule has 0 amide bonds. The van der Waals surface area contributed by atoms with Crippen molar-refractivity contribution in [3.63, 3.8) is 0 Å². The topological polar surface area (TPSA) is 75.4 Å². The van der Waals surface area contributed by atoms with E-state index in [1.165, 1.54) is 25.0 Å². The highest BCUT2D eigenvalue weighted by atomic mass is 35.5. The maximum Gasteiger partial charge on any atom is 0.244 e. The molecule has 2 rings (SSSR count). The average molecular weight is 352 g/mol. The van der Waals surface area contributed by atoms with Gasteiger partial charge in [-0.1, -0.05) is 30.1 Å². The summed E-state index contributed by atoms with van der Waals surface area (Å²) in [7, 11) is -3.74. The molecule has 0 saturated heterocycles. The summed E-state index contributed by atoms with van der Waals surface area (Å²) in [6.07, 6.45) is 2.38. The van der Waals surface area contributed by atoms with E-state index in [1.807, 2.05) is 0 Å². The Hall–Kier alpha value is -0.530. The van der Waals surface area contributed by atoms with Gasteiger partial charge < -0.3 is 5.73 Å². The Kier molecular flexibility index (Phi) is 5.38. The molecule has 0 heterocycles. The quantitative estimate of drug-likeness (QED) is 0.739. The van der Waals surface area contributed by atoms with Crippen molar-refractivity contribution in [2.45, 2.75) is 30.7 Å². The number of benzene rings is 1. The average Bonchev–Trinajstić information content (AvgIpc) is 3.17. The maximum absolute atomic E-state index is 12.3. The van der Waals surface area contributed by atoms with Gasteiger partial charge in [0.1, 0.15) is 4.90 Å². The van der Waals surface area contributed by atoms with Crippen LogP contribution >= 0.6 is 23.2 Å². The Bertz CT molecular complexity index is 595. The number of rotatable bonds is 7. The van der Waals surface area contributed by atoms with Crippen LogP contribution in [-0.4, -0.2) is 39.0 Å². The van der Waals surface area contributed by atoms with Gasteiger partial charge in [-0.15, -0.1) is 0 Å². The van der Waals surface area contributed by atoms with Crippen LogP contribution in [0.3, 0.4) is 0 Å². The first-order chi connectivity index (χ1) is 9.85. The van der Waals surface area contributed by atoms with Crippen LogP contribution in [0.15, 0.2) is 17.0 Å². The number of likely N-dealkylation sites (N-methyl/N-ethyl adjacent to an activating group) is 1. The predicted molar refractivity (Wildman–Crippen MR) is 86.3 cm³/mol. The van der Waals surface area contributed by atoms with Gasteiger partial charge in [-0.2, -0.15) is 0 Å². The number of nitrogens with two attached hydrogens (primary N) is 1. The van der Waals surface area contributed by atoms with Gasteiger partial charge in [0.05, 0.1) is 10.7 Å². The number of nitrogen functional groups attached to an aromatic ring is 1. The van der Waals surface area contributed by atoms with Crippen molar-refractivity contribution in [1.82, 2.24) is 9.62 Å². The lowest BCUT2D eigenvalue weighted by Gasteiger charge is -2.20. The lowest BCUT2D eigenvalue weighted by atomic mass is 10.3. The molecule has 8 heteroatoms. The summed E-state index contributed by atoms with van der Waals surface area (Å²) in [6.45, 7) is 3.98. The first-order valence-electron chi connectivity index (χ1n) is 6.83. The van der Waals surface area contributed by atoms with Crippen LogP contribution in [0.5, 0.6) is 0 Å². The van der Waals surface area contributed by atoms with Crippen LogP contribution in [0.25, 0.3) is 0 Å². The fourth-order valence-electron chi connectivity index (χ4n) is 2.30. The zero-order valence-corrected chi connectivity index (χ0v) is 14.1. The molecule has 0 atom stereocenters. The molecule has 5 nitrogen and oxygen atoms in total. The predicted octanol–water partition coefficient (Wildman–Crippen LogP) is 2.34. The molecule has 1 aliphatic rings. The molecule has 1 aromatic carbocycles. The van der Waals surface area contributed by atoms with Gasteiger partial charge in [0, 0.05) is 24.2 Å². The highest BCUT2D eigenvalue weighted by molar-refractivity contribution is 7.89. The molecule has 1 aromatic rings. The molecular formula is C13H19Cl2N3O2S. The second kappa shape index (κ2) is 6.71. The fraction of sp³-hybridized carbons (Fsp3) is 0.538. The molecule has 0 radical (unpaired) electrons. The molecule has 1 aliphatic carbocycles. The van der Waals surface area contributed by atoms with E-state index in [0.29, 0.717) is 24.2 Å². The maximum atomic E-state index is 12.3. The minimum absolute atomic E-state index is 0.0297. The molecular weight excluding hydrogens is 333 g/mol. The number of sulfonamides is 1. The summed E-state index contributed by atoms with van der Waals surface area (Å²) in [5.74, 6) is 0. The van der Waals surface area contributed by atoms with Gasteiger partial charge >= 0.3 is 0 Å². The van der Waals surface area contributed by atoms with Crippen LogP contribution < -0.4 is 10.5 Å². The minimum atomic E-state index is -3.74. The molecule has 3 N–H and O–H groups in total. The largest absolute Gasteiger partial charge is 0.398 e. The second-order valence-corrected chi connectivity index (χ2v) is 7.61. The van der Waals surface area contributed by atoms with E-state index in [1.54, 1.807) is 0 Å². The smallest absolute Gasteiger partial charge is 0.244 e. The molecule has 21 heavy (non-hydrogen) atoms. The summed E-state index contributed by atoms with van der Waals surface area (Å²) in [6, 6.07) is 3.35. The molecule has 0 bridgehead atoms. The van der Waals surface area contributed by atoms with Gasteiger partial charge in [-0.3, -0.25) is 4.90 Å². The zero-order chi connectivity index (χ0) is 15.6. The van der Waals surface area contributed by atoms with Gasteiger partial charge in [0.25, 0.3) is 0 Å². The fourth-order valence-corrected chi connectivity index (χ4v) is 4.30. The summed E-state index contributed by atoms with van der Waals surface area (Å²) >= 11 is 11.7. The lowest BCUT2D eigenvalue weighted by Crippen LogP contribution is -2.36. The molecule has 118 valence electrons. The summed E-state index contributed by atoms with van der Waals surface area (Å²) in [5, 5.41) is 0.337. The monoisotopic (exact) mass is 351 g/mol. The Morgan fingerprint density at radius 3 is 2.57 bits per heavy atom. The third-order valence-corrected chi connectivity index (χ3v) is 5.67. The van der Waals surface area contributed by atoms with Crippen LogP contribution in [-0.2, 0) is 10.0 Å². The van der Waals surface area contributed by atoms with Gasteiger partial charge in [-0.05, 0) is 31.5 Å². The van der Waals surface area contributed by atoms with Crippen molar-refractivity contribution < 1.29 is 8.42 Å². The molecule has 1 saturated carbocycles. The first kappa shape index (κ1) is 16.8. The van der Waals surface area contributed by atoms with E-state index >= 15 is 0 Å². The number of hydrogen-bond acceptors (Lipinski definition) is 4. The minimum Gasteiger partial charge on any atom is -0.398 e. The van der Waals surface area contributed by atoms with E-state index in [2.05, 4.69) is 16.5 Å². The van der Waals surface area contributed by atoms with Gasteiger partial charge in [0.2, 0.25) is 10.0 Å². The number of nitrogens with one attached hydrogen (secondary N) is 1. The molecule has 1 fully saturated rings. The van der Waals surface area contributed by atoms with Crippen molar-refractivity contribution >= 4 is 38.9 Å². The standard InChI is InChI=1S/C13H19Cl2N3O2S/c1-2-18(10-3-4-10)6-5-17-21(19,20)13-11(15)7-9(14)8-12(13)16/h7-8,10,17H,2-6,16H2,1H3. The molecule has 0 aromatic heterocycles. The van der Waals surface area contributed by atoms with Crippen molar-refractivity contribution in [3.05, 3.63) is 22.2 Å². The van der Waals surface area contributed by atoms with Crippen LogP contribution in [0.4, 0.5) is 5.69 Å². The van der Waals surface area contributed by atoms with E-state index in [0.717, 1.165) is 6.54 Å². The highest BCUT2D eigenvalue weighted by Gasteiger charge is 2.28. The van der Waals surface area contributed by atoms with Crippen molar-refractivity contribution in [1.29, 1.82) is 0 Å². The van der Waals surface area contributed by atoms with Crippen LogP contribution in [0, 0.1) is 0 Å². The van der Waals surface area contributed by atoms with Crippen LogP contribution in [0.2, 0.25) is 10.0 Å². The van der Waals surface area contributed by atoms with E-state index < -0.39 is 10.0 Å². The summed E-state index contributed by atoms with van der Waals surface area (Å²) in [4.78, 5) is 2.15. The van der Waals surface area contributed by atoms with E-state index in [4.69, 9.17) is 28.9 Å². The number of anilines is 1. The number of halogens is 2. The second-order valence-electron chi connectivity index (χ2n) is 5.06. The number of hydrogen-bond donors (Lipinski definition) is 2. The summed E-state index contributed by atoms with van der Waals surface area (Å²) < 4.78 is 27.2. The lowest BCUT2D eigenvalue weighted by molar-refractivity contribution is 0.282. The Labute approximate surface area is 135 Å². The Morgan fingerprint density at radius 2 is 2.05 bits per heavy atom. The Balaban J connectivity index is 2.05. The third kappa shape index (κ3) is 4.23. The van der Waals surface area contributed by atoms with Crippen molar-refractivity contribution in [2.75, 3.05) is 25.4 Å². The SMILES string of the molecule is CCN(CCNS(=O)(=O)c1c(N)cc(Cl)cc1Cl)C1CC1. The third-order valence-electron chi connectivity index (χ3n) is 3.47. The molecule has 0 unspecified atom stereocenters. The Morgan fingerprint density at radius 1 is 1.38 bits per heavy atom. The number of nitrogens with zero attached hydrogens (tertiary/aromatic N) is 1. The molecule has 0 aliphatic heterocycles. The summed E-state index contributed by atoms with van der Waals surface area (Å²) in [5.41, 5.74) is 5.78. The zero-order valence-electron chi connectivity index (χ0n) is 11.8. The highest BCUT2D eigenvalue weighted by Crippen LogP contribution is 2.31. The van der Waals surface area contributed by atoms with E-state index in [-0.39, 0.29) is 15.6 Å². The van der Waals surface area contributed by atoms with Crippen molar-refractivity contribution in [3.8, 4) is 0 Å². The van der Waals surface area contributed by atoms with E-state index in [9.17, 15) is 8.42 Å². The molecule has 0 spiro atoms. The van der Waals surface area contributed by atoms with Crippen molar-refractivity contribution in [2.24, 2.45) is 0 Å². The van der Waals surface area contributed by atoms with Gasteiger partial charge in [0.15, 0.2) is 0 Å². The normalized spacial score (nSPS) is 15.6. The first-order valence-corrected chi connectivity index (χ1v) is 9.07. The van der Waals surface area contributed by atoms with Crippen LogP contribution in [0.1, 0.15) is 19.8 Å².